The maximum Gasteiger partial charge on any atom is 0.317 e. The van der Waals surface area contributed by atoms with Crippen LogP contribution in [0.1, 0.15) is 24.8 Å². The quantitative estimate of drug-likeness (QED) is 0.473. The van der Waals surface area contributed by atoms with Crippen molar-refractivity contribution in [2.75, 3.05) is 25.0 Å². The lowest BCUT2D eigenvalue weighted by Crippen LogP contribution is -2.49. The maximum atomic E-state index is 12.9. The van der Waals surface area contributed by atoms with Crippen LogP contribution in [0, 0.1) is 5.92 Å². The molecule has 38 heavy (non-hydrogen) atoms. The zero-order valence-electron chi connectivity index (χ0n) is 20.6. The molecule has 4 amide bonds. The predicted molar refractivity (Wildman–Crippen MR) is 145 cm³/mol. The monoisotopic (exact) mass is 554 g/mol. The highest BCUT2D eigenvalue weighted by Crippen LogP contribution is 2.27. The number of nitrogens with one attached hydrogen (secondary N) is 2. The fraction of sp³-hybridized carbons (Fsp3) is 0.333. The van der Waals surface area contributed by atoms with Gasteiger partial charge in [-0.2, -0.15) is 5.10 Å². The zero-order valence-corrected chi connectivity index (χ0v) is 22.2. The second kappa shape index (κ2) is 11.4. The summed E-state index contributed by atoms with van der Waals surface area (Å²) >= 11 is 12.1. The van der Waals surface area contributed by atoms with E-state index in [1.165, 1.54) is 0 Å². The second-order valence-corrected chi connectivity index (χ2v) is 10.5. The van der Waals surface area contributed by atoms with Gasteiger partial charge in [0.15, 0.2) is 0 Å². The summed E-state index contributed by atoms with van der Waals surface area (Å²) < 4.78 is 1.74. The van der Waals surface area contributed by atoms with Gasteiger partial charge in [-0.1, -0.05) is 23.2 Å². The molecule has 1 unspecified atom stereocenters. The summed E-state index contributed by atoms with van der Waals surface area (Å²) in [6, 6.07) is 14.3. The summed E-state index contributed by atoms with van der Waals surface area (Å²) in [5, 5.41) is 11.1. The molecular weight excluding hydrogens is 527 g/mol. The first kappa shape index (κ1) is 26.1. The molecule has 9 nitrogen and oxygen atoms in total. The van der Waals surface area contributed by atoms with Crippen LogP contribution in [-0.2, 0) is 16.1 Å². The summed E-state index contributed by atoms with van der Waals surface area (Å²) in [6.07, 6.45) is 5.09. The number of amides is 4. The van der Waals surface area contributed by atoms with Crippen molar-refractivity contribution >= 4 is 46.7 Å². The highest BCUT2D eigenvalue weighted by Gasteiger charge is 2.39. The molecule has 0 spiro atoms. The number of hydrogen-bond acceptors (Lipinski definition) is 4. The van der Waals surface area contributed by atoms with E-state index >= 15 is 0 Å². The Morgan fingerprint density at radius 3 is 2.39 bits per heavy atom. The summed E-state index contributed by atoms with van der Waals surface area (Å²) in [5.74, 6) is -0.579. The van der Waals surface area contributed by atoms with E-state index in [1.54, 1.807) is 34.0 Å². The van der Waals surface area contributed by atoms with E-state index in [2.05, 4.69) is 15.7 Å². The Hall–Kier alpha value is -3.56. The number of benzene rings is 2. The Kier molecular flexibility index (Phi) is 7.85. The molecule has 3 aromatic rings. The summed E-state index contributed by atoms with van der Waals surface area (Å²) in [4.78, 5) is 41.9. The van der Waals surface area contributed by atoms with Crippen molar-refractivity contribution in [3.05, 3.63) is 76.5 Å². The van der Waals surface area contributed by atoms with Crippen LogP contribution in [0.5, 0.6) is 0 Å². The first-order valence-electron chi connectivity index (χ1n) is 12.5. The van der Waals surface area contributed by atoms with Crippen molar-refractivity contribution in [2.24, 2.45) is 5.92 Å². The van der Waals surface area contributed by atoms with Gasteiger partial charge in [0.2, 0.25) is 11.8 Å². The van der Waals surface area contributed by atoms with Gasteiger partial charge in [-0.3, -0.25) is 9.59 Å². The van der Waals surface area contributed by atoms with Gasteiger partial charge in [-0.25, -0.2) is 9.48 Å². The molecule has 11 heteroatoms. The lowest BCUT2D eigenvalue weighted by Gasteiger charge is -2.36. The van der Waals surface area contributed by atoms with E-state index in [4.69, 9.17) is 23.2 Å². The number of rotatable bonds is 6. The van der Waals surface area contributed by atoms with Crippen molar-refractivity contribution < 1.29 is 14.4 Å². The van der Waals surface area contributed by atoms with Gasteiger partial charge in [0.05, 0.1) is 11.6 Å². The predicted octanol–water partition coefficient (Wildman–Crippen LogP) is 4.34. The molecule has 1 atom stereocenters. The van der Waals surface area contributed by atoms with Gasteiger partial charge < -0.3 is 20.4 Å². The van der Waals surface area contributed by atoms with E-state index < -0.39 is 5.92 Å². The third-order valence-electron chi connectivity index (χ3n) is 6.99. The molecule has 2 aromatic carbocycles. The normalized spacial score (nSPS) is 18.1. The lowest BCUT2D eigenvalue weighted by atomic mass is 10.0. The minimum Gasteiger partial charge on any atom is -0.339 e. The summed E-state index contributed by atoms with van der Waals surface area (Å²) in [7, 11) is 0. The van der Waals surface area contributed by atoms with Gasteiger partial charge in [-0.15, -0.1) is 0 Å². The average molecular weight is 555 g/mol. The Morgan fingerprint density at radius 2 is 1.74 bits per heavy atom. The number of hydrogen-bond donors (Lipinski definition) is 2. The van der Waals surface area contributed by atoms with Crippen molar-refractivity contribution in [1.29, 1.82) is 0 Å². The molecule has 198 valence electrons. The topological polar surface area (TPSA) is 99.6 Å². The number of anilines is 1. The van der Waals surface area contributed by atoms with Crippen LogP contribution >= 0.6 is 23.2 Å². The second-order valence-electron chi connectivity index (χ2n) is 9.59. The molecule has 2 fully saturated rings. The molecular formula is C27H28Cl2N6O3. The minimum atomic E-state index is -0.404. The number of likely N-dealkylation sites (tertiary alicyclic amines) is 2. The number of carbonyl (C=O) groups excluding carboxylic acids is 3. The molecule has 0 aliphatic carbocycles. The van der Waals surface area contributed by atoms with Crippen LogP contribution in [0.3, 0.4) is 0 Å². The van der Waals surface area contributed by atoms with Crippen molar-refractivity contribution in [3.8, 4) is 5.69 Å². The molecule has 0 saturated carbocycles. The minimum absolute atomic E-state index is 0.0140. The van der Waals surface area contributed by atoms with E-state index in [-0.39, 0.29) is 30.3 Å². The van der Waals surface area contributed by atoms with Gasteiger partial charge in [0.25, 0.3) is 0 Å². The molecule has 2 saturated heterocycles. The van der Waals surface area contributed by atoms with Crippen molar-refractivity contribution in [3.63, 3.8) is 0 Å². The number of nitrogens with zero attached hydrogens (tertiary/aromatic N) is 4. The van der Waals surface area contributed by atoms with Crippen LogP contribution in [0.15, 0.2) is 60.9 Å². The SMILES string of the molecule is O=C(Nc1ccc(-n2cccn2)cc1)C1CC(=O)N(C2CCN(C(=O)NCc3cc(Cl)cc(Cl)c3)CC2)C1. The summed E-state index contributed by atoms with van der Waals surface area (Å²) in [6.45, 7) is 1.79. The standard InChI is InChI=1S/C27H28Cl2N6O3/c28-20-12-18(13-21(29)15-20)16-30-27(38)33-10-6-23(7-11-33)34-17-19(14-25(34)36)26(37)32-22-2-4-24(5-3-22)35-9-1-8-31-35/h1-5,8-9,12-13,15,19,23H,6-7,10-11,14,16-17H2,(H,30,38)(H,32,37). The van der Waals surface area contributed by atoms with E-state index in [1.807, 2.05) is 41.4 Å². The first-order valence-corrected chi connectivity index (χ1v) is 13.3. The Labute approximate surface area is 230 Å². The van der Waals surface area contributed by atoms with E-state index in [0.29, 0.717) is 54.8 Å². The highest BCUT2D eigenvalue weighted by molar-refractivity contribution is 6.34. The fourth-order valence-corrected chi connectivity index (χ4v) is 5.58. The smallest absolute Gasteiger partial charge is 0.317 e. The highest BCUT2D eigenvalue weighted by atomic mass is 35.5. The van der Waals surface area contributed by atoms with Crippen LogP contribution in [0.2, 0.25) is 10.0 Å². The van der Waals surface area contributed by atoms with Gasteiger partial charge in [0.1, 0.15) is 0 Å². The zero-order chi connectivity index (χ0) is 26.6. The third-order valence-corrected chi connectivity index (χ3v) is 7.43. The number of aromatic nitrogens is 2. The van der Waals surface area contributed by atoms with Crippen LogP contribution < -0.4 is 10.6 Å². The molecule has 1 aromatic heterocycles. The molecule has 5 rings (SSSR count). The molecule has 2 aliphatic heterocycles. The van der Waals surface area contributed by atoms with E-state index in [9.17, 15) is 14.4 Å². The first-order chi connectivity index (χ1) is 18.4. The third kappa shape index (κ3) is 6.11. The molecule has 0 bridgehead atoms. The number of urea groups is 1. The lowest BCUT2D eigenvalue weighted by molar-refractivity contribution is -0.130. The number of piperidine rings is 1. The van der Waals surface area contributed by atoms with Gasteiger partial charge in [0, 0.05) is 66.8 Å². The molecule has 0 radical (unpaired) electrons. The molecule has 3 heterocycles. The summed E-state index contributed by atoms with van der Waals surface area (Å²) in [5.41, 5.74) is 2.40. The van der Waals surface area contributed by atoms with Crippen molar-refractivity contribution in [2.45, 2.75) is 31.8 Å². The Bertz CT molecular complexity index is 1290. The largest absolute Gasteiger partial charge is 0.339 e. The average Bonchev–Trinajstić information content (AvgIpc) is 3.58. The van der Waals surface area contributed by atoms with Gasteiger partial charge >= 0.3 is 6.03 Å². The van der Waals surface area contributed by atoms with Crippen LogP contribution in [-0.4, -0.2) is 63.1 Å². The van der Waals surface area contributed by atoms with Crippen LogP contribution in [0.4, 0.5) is 10.5 Å². The van der Waals surface area contributed by atoms with E-state index in [0.717, 1.165) is 11.3 Å². The number of halogens is 2. The van der Waals surface area contributed by atoms with Crippen molar-refractivity contribution in [1.82, 2.24) is 24.9 Å². The Balaban J connectivity index is 1.09. The molecule has 2 N–H and O–H groups in total. The van der Waals surface area contributed by atoms with Gasteiger partial charge in [-0.05, 0) is 66.9 Å². The fourth-order valence-electron chi connectivity index (χ4n) is 5.01. The van der Waals surface area contributed by atoms with Crippen LogP contribution in [0.25, 0.3) is 5.69 Å². The molecule has 2 aliphatic rings. The Morgan fingerprint density at radius 1 is 1.03 bits per heavy atom. The number of carbonyl (C=O) groups is 3. The maximum absolute atomic E-state index is 12.9.